The van der Waals surface area contributed by atoms with Crippen molar-refractivity contribution in [3.63, 3.8) is 0 Å². The maximum absolute atomic E-state index is 14.0. The lowest BCUT2D eigenvalue weighted by Gasteiger charge is -2.49. The summed E-state index contributed by atoms with van der Waals surface area (Å²) < 4.78 is 11.9. The molecule has 7 nitrogen and oxygen atoms in total. The van der Waals surface area contributed by atoms with Crippen LogP contribution in [0.2, 0.25) is 10.0 Å². The first-order chi connectivity index (χ1) is 21.1. The maximum atomic E-state index is 14.0. The summed E-state index contributed by atoms with van der Waals surface area (Å²) in [7, 11) is 0. The standard InChI is InChI=1S/C36H42Cl2N2O5/c1-8-40-25-15-35(4,5)17-27(41)32(25)31(33-26(40)16-36(6,7)18-28(33)42)21-12-24(38)34(29(13-21)44-9-2)45-19-30(43)39-22-11-10-20(3)23(37)14-22/h10-14,31H,8-9,15-19H2,1-7H3,(H,39,43). The third kappa shape index (κ3) is 6.66. The monoisotopic (exact) mass is 652 g/mol. The van der Waals surface area contributed by atoms with Gasteiger partial charge in [0.2, 0.25) is 0 Å². The van der Waals surface area contributed by atoms with E-state index in [1.54, 1.807) is 18.2 Å². The number of rotatable bonds is 8. The molecule has 0 atom stereocenters. The Bertz CT molecular complexity index is 1580. The van der Waals surface area contributed by atoms with Crippen LogP contribution < -0.4 is 14.8 Å². The van der Waals surface area contributed by atoms with Gasteiger partial charge in [0.1, 0.15) is 0 Å². The van der Waals surface area contributed by atoms with E-state index < -0.39 is 5.92 Å². The van der Waals surface area contributed by atoms with Gasteiger partial charge in [0.15, 0.2) is 29.7 Å². The number of allylic oxidation sites excluding steroid dienone is 4. The molecule has 9 heteroatoms. The van der Waals surface area contributed by atoms with Crippen molar-refractivity contribution in [2.24, 2.45) is 10.8 Å². The average Bonchev–Trinajstić information content (AvgIpc) is 2.92. The van der Waals surface area contributed by atoms with E-state index >= 15 is 0 Å². The van der Waals surface area contributed by atoms with Crippen molar-refractivity contribution in [1.29, 1.82) is 0 Å². The number of aryl methyl sites for hydroxylation is 1. The minimum absolute atomic E-state index is 0.0520. The number of halogens is 2. The SMILES string of the molecule is CCOc1cc(C2C3=C(CC(C)(C)CC3=O)N(CC)C3=C2C(=O)CC(C)(C)C3)cc(Cl)c1OCC(=O)Nc1ccc(C)c(Cl)c1. The fraction of sp³-hybridized carbons (Fsp3) is 0.472. The molecule has 2 aromatic carbocycles. The number of benzene rings is 2. The quantitative estimate of drug-likeness (QED) is 0.308. The predicted octanol–water partition coefficient (Wildman–Crippen LogP) is 8.42. The van der Waals surface area contributed by atoms with Crippen molar-refractivity contribution < 1.29 is 23.9 Å². The number of ether oxygens (including phenoxy) is 2. The zero-order valence-electron chi connectivity index (χ0n) is 27.2. The Hall–Kier alpha value is -3.29. The fourth-order valence-electron chi connectivity index (χ4n) is 6.93. The van der Waals surface area contributed by atoms with Crippen molar-refractivity contribution in [3.05, 3.63) is 74.0 Å². The molecule has 2 aromatic rings. The molecule has 0 spiro atoms. The van der Waals surface area contributed by atoms with Crippen LogP contribution in [0, 0.1) is 17.8 Å². The van der Waals surface area contributed by atoms with E-state index in [-0.39, 0.29) is 45.7 Å². The number of Topliss-reactive ketones (excluding diaryl/α,β-unsaturated/α-hetero) is 2. The second-order valence-electron chi connectivity index (χ2n) is 13.8. The van der Waals surface area contributed by atoms with Gasteiger partial charge in [-0.05, 0) is 79.8 Å². The summed E-state index contributed by atoms with van der Waals surface area (Å²) in [5, 5.41) is 3.57. The van der Waals surface area contributed by atoms with Gasteiger partial charge in [-0.25, -0.2) is 0 Å². The van der Waals surface area contributed by atoms with Gasteiger partial charge in [-0.15, -0.1) is 0 Å². The largest absolute Gasteiger partial charge is 0.490 e. The van der Waals surface area contributed by atoms with Gasteiger partial charge < -0.3 is 19.7 Å². The molecule has 0 saturated carbocycles. The number of hydrogen-bond donors (Lipinski definition) is 1. The summed E-state index contributed by atoms with van der Waals surface area (Å²) in [5.74, 6) is -0.279. The molecule has 0 aromatic heterocycles. The smallest absolute Gasteiger partial charge is 0.262 e. The zero-order chi connectivity index (χ0) is 32.8. The second kappa shape index (κ2) is 12.5. The molecular formula is C36H42Cl2N2O5. The van der Waals surface area contributed by atoms with Crippen LogP contribution in [0.15, 0.2) is 52.9 Å². The fourth-order valence-corrected chi connectivity index (χ4v) is 7.38. The minimum Gasteiger partial charge on any atom is -0.490 e. The summed E-state index contributed by atoms with van der Waals surface area (Å²) in [4.78, 5) is 42.9. The molecule has 0 saturated heterocycles. The average molecular weight is 654 g/mol. The molecule has 2 aliphatic carbocycles. The van der Waals surface area contributed by atoms with Crippen LogP contribution in [0.4, 0.5) is 5.69 Å². The summed E-state index contributed by atoms with van der Waals surface area (Å²) in [6.45, 7) is 15.0. The molecule has 1 N–H and O–H groups in total. The Labute approximate surface area is 275 Å². The van der Waals surface area contributed by atoms with Gasteiger partial charge in [-0.1, -0.05) is 57.0 Å². The van der Waals surface area contributed by atoms with Crippen LogP contribution in [-0.4, -0.2) is 42.1 Å². The van der Waals surface area contributed by atoms with Gasteiger partial charge in [0.05, 0.1) is 11.6 Å². The van der Waals surface area contributed by atoms with Gasteiger partial charge in [-0.2, -0.15) is 0 Å². The Morgan fingerprint density at radius 1 is 0.889 bits per heavy atom. The van der Waals surface area contributed by atoms with Crippen LogP contribution in [0.5, 0.6) is 11.5 Å². The molecule has 45 heavy (non-hydrogen) atoms. The van der Waals surface area contributed by atoms with E-state index in [2.05, 4.69) is 44.8 Å². The van der Waals surface area contributed by atoms with E-state index in [1.165, 1.54) is 0 Å². The first kappa shape index (κ1) is 33.1. The van der Waals surface area contributed by atoms with E-state index in [1.807, 2.05) is 26.0 Å². The first-order valence-electron chi connectivity index (χ1n) is 15.6. The van der Waals surface area contributed by atoms with Crippen molar-refractivity contribution in [1.82, 2.24) is 4.90 Å². The van der Waals surface area contributed by atoms with Gasteiger partial charge >= 0.3 is 0 Å². The second-order valence-corrected chi connectivity index (χ2v) is 14.7. The summed E-state index contributed by atoms with van der Waals surface area (Å²) in [6, 6.07) is 8.83. The highest BCUT2D eigenvalue weighted by molar-refractivity contribution is 6.32. The van der Waals surface area contributed by atoms with Crippen LogP contribution in [-0.2, 0) is 14.4 Å². The van der Waals surface area contributed by atoms with E-state index in [0.29, 0.717) is 59.2 Å². The highest BCUT2D eigenvalue weighted by Crippen LogP contribution is 2.55. The van der Waals surface area contributed by atoms with Crippen LogP contribution >= 0.6 is 23.2 Å². The van der Waals surface area contributed by atoms with Gasteiger partial charge in [0.25, 0.3) is 5.91 Å². The highest BCUT2D eigenvalue weighted by atomic mass is 35.5. The molecule has 0 bridgehead atoms. The van der Waals surface area contributed by atoms with Crippen LogP contribution in [0.1, 0.15) is 84.3 Å². The Morgan fingerprint density at radius 2 is 1.49 bits per heavy atom. The van der Waals surface area contributed by atoms with Crippen molar-refractivity contribution in [2.75, 3.05) is 25.1 Å². The van der Waals surface area contributed by atoms with E-state index in [9.17, 15) is 14.4 Å². The normalized spacial score (nSPS) is 19.4. The molecule has 3 aliphatic rings. The molecule has 1 aliphatic heterocycles. The number of nitrogens with one attached hydrogen (secondary N) is 1. The van der Waals surface area contributed by atoms with Crippen molar-refractivity contribution in [3.8, 4) is 11.5 Å². The maximum Gasteiger partial charge on any atom is 0.262 e. The number of nitrogens with zero attached hydrogens (tertiary/aromatic N) is 1. The lowest BCUT2D eigenvalue weighted by Crippen LogP contribution is -2.44. The molecule has 1 amide bonds. The van der Waals surface area contributed by atoms with Crippen LogP contribution in [0.3, 0.4) is 0 Å². The highest BCUT2D eigenvalue weighted by Gasteiger charge is 2.48. The number of hydrogen-bond acceptors (Lipinski definition) is 6. The summed E-state index contributed by atoms with van der Waals surface area (Å²) in [5.41, 5.74) is 5.10. The number of carbonyl (C=O) groups is 3. The van der Waals surface area contributed by atoms with Gasteiger partial charge in [0, 0.05) is 58.6 Å². The number of anilines is 1. The lowest BCUT2D eigenvalue weighted by molar-refractivity contribution is -0.120. The summed E-state index contributed by atoms with van der Waals surface area (Å²) >= 11 is 13.1. The van der Waals surface area contributed by atoms with E-state index in [4.69, 9.17) is 32.7 Å². The molecule has 0 unspecified atom stereocenters. The number of ketones is 2. The number of amides is 1. The topological polar surface area (TPSA) is 84.9 Å². The molecule has 240 valence electrons. The first-order valence-corrected chi connectivity index (χ1v) is 16.4. The molecular weight excluding hydrogens is 611 g/mol. The van der Waals surface area contributed by atoms with E-state index in [0.717, 1.165) is 29.8 Å². The molecule has 5 rings (SSSR count). The third-order valence-corrected chi connectivity index (χ3v) is 9.49. The third-order valence-electron chi connectivity index (χ3n) is 8.81. The van der Waals surface area contributed by atoms with Crippen LogP contribution in [0.25, 0.3) is 0 Å². The Morgan fingerprint density at radius 3 is 2.02 bits per heavy atom. The minimum atomic E-state index is -0.564. The summed E-state index contributed by atoms with van der Waals surface area (Å²) in [6.07, 6.45) is 2.27. The predicted molar refractivity (Wildman–Crippen MR) is 178 cm³/mol. The zero-order valence-corrected chi connectivity index (χ0v) is 28.7. The van der Waals surface area contributed by atoms with Gasteiger partial charge in [-0.3, -0.25) is 14.4 Å². The Kier molecular flexibility index (Phi) is 9.18. The molecule has 0 radical (unpaired) electrons. The molecule has 0 fully saturated rings. The van der Waals surface area contributed by atoms with Crippen molar-refractivity contribution in [2.45, 2.75) is 80.1 Å². The molecule has 1 heterocycles. The lowest BCUT2D eigenvalue weighted by atomic mass is 9.63. The Balaban J connectivity index is 1.55. The van der Waals surface area contributed by atoms with Crippen molar-refractivity contribution >= 4 is 46.4 Å². The number of carbonyl (C=O) groups excluding carboxylic acids is 3.